The lowest BCUT2D eigenvalue weighted by atomic mass is 9.94. The van der Waals surface area contributed by atoms with E-state index in [1.165, 1.54) is 0 Å². The largest absolute Gasteiger partial charge is 0.468 e. The summed E-state index contributed by atoms with van der Waals surface area (Å²) >= 11 is 1.54. The Bertz CT molecular complexity index is 1580. The van der Waals surface area contributed by atoms with Crippen molar-refractivity contribution in [1.29, 1.82) is 0 Å². The number of nitrogens with two attached hydrogens (primary N) is 1. The second-order valence-electron chi connectivity index (χ2n) is 10.9. The number of rotatable bonds is 10. The fourth-order valence-corrected chi connectivity index (χ4v) is 6.17. The Morgan fingerprint density at radius 2 is 1.69 bits per heavy atom. The summed E-state index contributed by atoms with van der Waals surface area (Å²) in [5.74, 6) is 0.265. The summed E-state index contributed by atoms with van der Waals surface area (Å²) in [6.07, 6.45) is 1.80. The molecule has 3 aromatic carbocycles. The van der Waals surface area contributed by atoms with Gasteiger partial charge in [-0.1, -0.05) is 54.6 Å². The highest BCUT2D eigenvalue weighted by Crippen LogP contribution is 2.37. The van der Waals surface area contributed by atoms with Crippen LogP contribution in [0, 0.1) is 0 Å². The summed E-state index contributed by atoms with van der Waals surface area (Å²) in [5, 5.41) is 6.36. The van der Waals surface area contributed by atoms with E-state index in [1.54, 1.807) is 35.1 Å². The van der Waals surface area contributed by atoms with Gasteiger partial charge in [-0.25, -0.2) is 0 Å². The number of furan rings is 1. The summed E-state index contributed by atoms with van der Waals surface area (Å²) in [6.45, 7) is 4.64. The van der Waals surface area contributed by atoms with Crippen molar-refractivity contribution < 1.29 is 18.8 Å². The third-order valence-electron chi connectivity index (χ3n) is 7.21. The van der Waals surface area contributed by atoms with Gasteiger partial charge in [0.05, 0.1) is 25.0 Å². The van der Waals surface area contributed by atoms with Crippen LogP contribution in [0.2, 0.25) is 0 Å². The van der Waals surface area contributed by atoms with Crippen LogP contribution >= 0.6 is 11.8 Å². The van der Waals surface area contributed by atoms with Crippen LogP contribution in [0.5, 0.6) is 0 Å². The van der Waals surface area contributed by atoms with E-state index in [1.807, 2.05) is 86.6 Å². The molecular weight excluding hydrogens is 548 g/mol. The van der Waals surface area contributed by atoms with E-state index in [9.17, 15) is 14.4 Å². The highest BCUT2D eigenvalue weighted by Gasteiger charge is 2.33. The molecule has 4 aromatic rings. The van der Waals surface area contributed by atoms with Crippen molar-refractivity contribution >= 4 is 35.2 Å². The molecule has 0 spiro atoms. The van der Waals surface area contributed by atoms with Crippen molar-refractivity contribution in [3.63, 3.8) is 0 Å². The van der Waals surface area contributed by atoms with Gasteiger partial charge < -0.3 is 25.7 Å². The molecule has 0 saturated carbocycles. The molecule has 1 atom stereocenters. The molecule has 3 amide bonds. The number of thioether (sulfide) groups is 1. The van der Waals surface area contributed by atoms with Crippen molar-refractivity contribution in [1.82, 2.24) is 10.6 Å². The van der Waals surface area contributed by atoms with Crippen LogP contribution in [0.1, 0.15) is 41.9 Å². The minimum atomic E-state index is -0.721. The molecule has 9 heteroatoms. The number of carbonyl (C=O) groups is 3. The smallest absolute Gasteiger partial charge is 0.250 e. The summed E-state index contributed by atoms with van der Waals surface area (Å²) in [7, 11) is 0. The maximum atomic E-state index is 14.1. The SMILES string of the molecule is CC(C)(CC(=O)NC1CSc2ccccc2N(Cc2ccccc2-c2ccccc2C(N)=O)C1=O)NCc1ccco1. The number of primary amides is 1. The molecule has 1 aliphatic rings. The minimum absolute atomic E-state index is 0.182. The predicted molar refractivity (Wildman–Crippen MR) is 165 cm³/mol. The Kier molecular flexibility index (Phi) is 8.80. The third-order valence-corrected chi connectivity index (χ3v) is 8.37. The molecule has 4 N–H and O–H groups in total. The lowest BCUT2D eigenvalue weighted by Gasteiger charge is -2.29. The Balaban J connectivity index is 1.39. The maximum Gasteiger partial charge on any atom is 0.250 e. The normalized spacial score (nSPS) is 15.1. The summed E-state index contributed by atoms with van der Waals surface area (Å²) in [6, 6.07) is 25.6. The van der Waals surface area contributed by atoms with E-state index in [4.69, 9.17) is 10.2 Å². The number of benzene rings is 3. The standard InChI is InChI=1S/C33H34N4O4S/c1-33(2,35-19-23-11-9-17-41-23)18-30(38)36-27-21-42-29-16-8-7-15-28(29)37(32(27)40)20-22-10-3-4-12-24(22)25-13-5-6-14-26(25)31(34)39/h3-17,27,35H,18-21H2,1-2H3,(H2,34,39)(H,36,38). The van der Waals surface area contributed by atoms with Crippen LogP contribution in [0.15, 0.2) is 101 Å². The Hall–Kier alpha value is -4.34. The zero-order valence-corrected chi connectivity index (χ0v) is 24.4. The first-order valence-electron chi connectivity index (χ1n) is 13.8. The van der Waals surface area contributed by atoms with Crippen LogP contribution < -0.4 is 21.3 Å². The van der Waals surface area contributed by atoms with E-state index >= 15 is 0 Å². The maximum absolute atomic E-state index is 14.1. The number of anilines is 1. The predicted octanol–water partition coefficient (Wildman–Crippen LogP) is 5.13. The molecule has 0 bridgehead atoms. The molecule has 8 nitrogen and oxygen atoms in total. The average molecular weight is 583 g/mol. The van der Waals surface area contributed by atoms with Crippen LogP contribution in [0.25, 0.3) is 11.1 Å². The van der Waals surface area contributed by atoms with E-state index in [0.29, 0.717) is 23.4 Å². The van der Waals surface area contributed by atoms with Crippen LogP contribution in [-0.4, -0.2) is 35.1 Å². The molecule has 0 fully saturated rings. The summed E-state index contributed by atoms with van der Waals surface area (Å²) in [5.41, 5.74) is 8.74. The van der Waals surface area contributed by atoms with Gasteiger partial charge in [0.15, 0.2) is 0 Å². The van der Waals surface area contributed by atoms with Gasteiger partial charge in [0, 0.05) is 28.2 Å². The van der Waals surface area contributed by atoms with Crippen LogP contribution in [0.3, 0.4) is 0 Å². The molecular formula is C33H34N4O4S. The van der Waals surface area contributed by atoms with E-state index in [-0.39, 0.29) is 24.8 Å². The van der Waals surface area contributed by atoms with Gasteiger partial charge in [-0.2, -0.15) is 0 Å². The molecule has 1 unspecified atom stereocenters. The van der Waals surface area contributed by atoms with E-state index in [0.717, 1.165) is 27.5 Å². The van der Waals surface area contributed by atoms with E-state index in [2.05, 4.69) is 10.6 Å². The highest BCUT2D eigenvalue weighted by molar-refractivity contribution is 7.99. The number of fused-ring (bicyclic) bond motifs is 1. The number of hydrogen-bond donors (Lipinski definition) is 3. The van der Waals surface area contributed by atoms with Crippen molar-refractivity contribution in [3.05, 3.63) is 108 Å². The molecule has 5 rings (SSSR count). The number of nitrogens with zero attached hydrogens (tertiary/aromatic N) is 1. The van der Waals surface area contributed by atoms with Gasteiger partial charge in [0.1, 0.15) is 11.8 Å². The van der Waals surface area contributed by atoms with Crippen molar-refractivity contribution in [2.45, 2.75) is 49.8 Å². The Morgan fingerprint density at radius 3 is 2.45 bits per heavy atom. The monoisotopic (exact) mass is 582 g/mol. The second kappa shape index (κ2) is 12.7. The lowest BCUT2D eigenvalue weighted by Crippen LogP contribution is -2.51. The highest BCUT2D eigenvalue weighted by atomic mass is 32.2. The van der Waals surface area contributed by atoms with Crippen molar-refractivity contribution in [2.24, 2.45) is 5.73 Å². The number of nitrogens with one attached hydrogen (secondary N) is 2. The molecule has 0 aliphatic carbocycles. The van der Waals surface area contributed by atoms with Crippen LogP contribution in [0.4, 0.5) is 5.69 Å². The number of hydrogen-bond acceptors (Lipinski definition) is 6. The van der Waals surface area contributed by atoms with Gasteiger partial charge in [-0.05, 0) is 60.9 Å². The molecule has 216 valence electrons. The average Bonchev–Trinajstić information content (AvgIpc) is 3.47. The molecule has 1 aliphatic heterocycles. The third kappa shape index (κ3) is 6.75. The minimum Gasteiger partial charge on any atom is -0.468 e. The molecule has 2 heterocycles. The first-order chi connectivity index (χ1) is 20.2. The van der Waals surface area contributed by atoms with Gasteiger partial charge >= 0.3 is 0 Å². The molecule has 0 radical (unpaired) electrons. The number of para-hydroxylation sites is 1. The van der Waals surface area contributed by atoms with Crippen molar-refractivity contribution in [2.75, 3.05) is 10.7 Å². The Morgan fingerprint density at radius 1 is 0.976 bits per heavy atom. The first kappa shape index (κ1) is 29.2. The fraction of sp³-hybridized carbons (Fsp3) is 0.242. The van der Waals surface area contributed by atoms with Gasteiger partial charge in [0.2, 0.25) is 11.8 Å². The van der Waals surface area contributed by atoms with Gasteiger partial charge in [-0.3, -0.25) is 14.4 Å². The molecule has 42 heavy (non-hydrogen) atoms. The molecule has 1 aromatic heterocycles. The number of amides is 3. The fourth-order valence-electron chi connectivity index (χ4n) is 5.09. The lowest BCUT2D eigenvalue weighted by molar-refractivity contribution is -0.127. The van der Waals surface area contributed by atoms with Gasteiger partial charge in [-0.15, -0.1) is 11.8 Å². The quantitative estimate of drug-likeness (QED) is 0.239. The topological polar surface area (TPSA) is 118 Å². The van der Waals surface area contributed by atoms with Gasteiger partial charge in [0.25, 0.3) is 5.91 Å². The zero-order valence-electron chi connectivity index (χ0n) is 23.6. The van der Waals surface area contributed by atoms with E-state index < -0.39 is 17.5 Å². The van der Waals surface area contributed by atoms with Crippen molar-refractivity contribution in [3.8, 4) is 11.1 Å². The number of carbonyl (C=O) groups excluding carboxylic acids is 3. The summed E-state index contributed by atoms with van der Waals surface area (Å²) in [4.78, 5) is 42.2. The van der Waals surface area contributed by atoms with Crippen LogP contribution in [-0.2, 0) is 22.7 Å². The molecule has 0 saturated heterocycles. The Labute approximate surface area is 249 Å². The second-order valence-corrected chi connectivity index (χ2v) is 11.9. The summed E-state index contributed by atoms with van der Waals surface area (Å²) < 4.78 is 5.39. The first-order valence-corrected chi connectivity index (χ1v) is 14.8. The zero-order chi connectivity index (χ0) is 29.7.